The smallest absolute Gasteiger partial charge is 0.236 e. The molecule has 1 aliphatic heterocycles. The van der Waals surface area contributed by atoms with Gasteiger partial charge in [-0.15, -0.1) is 35.3 Å². The van der Waals surface area contributed by atoms with Crippen LogP contribution in [0.1, 0.15) is 24.1 Å². The first kappa shape index (κ1) is 22.8. The van der Waals surface area contributed by atoms with Gasteiger partial charge in [0.25, 0.3) is 0 Å². The van der Waals surface area contributed by atoms with E-state index in [0.717, 1.165) is 36.2 Å². The molecule has 1 aliphatic rings. The Labute approximate surface area is 198 Å². The fourth-order valence-electron chi connectivity index (χ4n) is 3.66. The third-order valence-corrected chi connectivity index (χ3v) is 6.03. The molecule has 0 saturated carbocycles. The molecule has 2 aromatic heterocycles. The number of halogens is 1. The van der Waals surface area contributed by atoms with Gasteiger partial charge in [-0.05, 0) is 36.4 Å². The van der Waals surface area contributed by atoms with Crippen LogP contribution in [0.5, 0.6) is 0 Å². The zero-order valence-electron chi connectivity index (χ0n) is 17.1. The molecule has 1 unspecified atom stereocenters. The number of benzene rings is 1. The zero-order chi connectivity index (χ0) is 19.9. The summed E-state index contributed by atoms with van der Waals surface area (Å²) in [5.74, 6) is 1.46. The Bertz CT molecular complexity index is 913. The van der Waals surface area contributed by atoms with Crippen LogP contribution in [0.2, 0.25) is 0 Å². The summed E-state index contributed by atoms with van der Waals surface area (Å²) >= 11 is 1.62. The lowest BCUT2D eigenvalue weighted by Crippen LogP contribution is -2.44. The van der Waals surface area contributed by atoms with Crippen LogP contribution in [0.3, 0.4) is 0 Å². The SMILES string of the molecule is CN=C(NCc1coc(-c2cccs2)n1)NCC1CCCN1Cc1ccccc1.I. The topological polar surface area (TPSA) is 65.7 Å². The van der Waals surface area contributed by atoms with E-state index < -0.39 is 0 Å². The van der Waals surface area contributed by atoms with Crippen molar-refractivity contribution in [2.75, 3.05) is 20.1 Å². The molecular weight excluding hydrogens is 509 g/mol. The summed E-state index contributed by atoms with van der Waals surface area (Å²) in [5, 5.41) is 8.83. The van der Waals surface area contributed by atoms with Crippen LogP contribution in [0.15, 0.2) is 63.5 Å². The van der Waals surface area contributed by atoms with Gasteiger partial charge in [-0.2, -0.15) is 0 Å². The molecule has 0 radical (unpaired) electrons. The Morgan fingerprint density at radius 3 is 2.87 bits per heavy atom. The Morgan fingerprint density at radius 1 is 1.23 bits per heavy atom. The van der Waals surface area contributed by atoms with Crippen molar-refractivity contribution in [3.05, 3.63) is 65.4 Å². The molecule has 8 heteroatoms. The molecule has 1 fully saturated rings. The van der Waals surface area contributed by atoms with E-state index in [0.29, 0.717) is 18.5 Å². The average Bonchev–Trinajstić information content (AvgIpc) is 3.51. The van der Waals surface area contributed by atoms with Crippen molar-refractivity contribution in [3.8, 4) is 10.8 Å². The number of rotatable bonds is 7. The van der Waals surface area contributed by atoms with Gasteiger partial charge in [-0.3, -0.25) is 9.89 Å². The maximum atomic E-state index is 5.58. The van der Waals surface area contributed by atoms with Gasteiger partial charge >= 0.3 is 0 Å². The van der Waals surface area contributed by atoms with Crippen molar-refractivity contribution in [1.82, 2.24) is 20.5 Å². The minimum atomic E-state index is 0. The first-order chi connectivity index (χ1) is 14.3. The Balaban J connectivity index is 0.00000256. The van der Waals surface area contributed by atoms with E-state index in [1.807, 2.05) is 17.5 Å². The number of hydrogen-bond donors (Lipinski definition) is 2. The van der Waals surface area contributed by atoms with Gasteiger partial charge in [-0.25, -0.2) is 4.98 Å². The van der Waals surface area contributed by atoms with Crippen molar-refractivity contribution in [2.24, 2.45) is 4.99 Å². The predicted molar refractivity (Wildman–Crippen MR) is 133 cm³/mol. The number of aliphatic imine (C=N–C) groups is 1. The molecule has 0 aliphatic carbocycles. The van der Waals surface area contributed by atoms with Crippen LogP contribution in [-0.4, -0.2) is 42.0 Å². The molecule has 0 spiro atoms. The van der Waals surface area contributed by atoms with Crippen molar-refractivity contribution in [3.63, 3.8) is 0 Å². The number of hydrogen-bond acceptors (Lipinski definition) is 5. The predicted octanol–water partition coefficient (Wildman–Crippen LogP) is 4.35. The molecule has 3 heterocycles. The largest absolute Gasteiger partial charge is 0.443 e. The van der Waals surface area contributed by atoms with Crippen LogP contribution in [0.25, 0.3) is 10.8 Å². The molecule has 3 aromatic rings. The number of aromatic nitrogens is 1. The summed E-state index contributed by atoms with van der Waals surface area (Å²) < 4.78 is 5.58. The van der Waals surface area contributed by atoms with Gasteiger partial charge in [0.2, 0.25) is 5.89 Å². The standard InChI is InChI=1S/C22H27N5OS.HI/c1-23-22(24-13-18-16-28-21(26-18)20-10-6-12-29-20)25-14-19-9-5-11-27(19)15-17-7-3-2-4-8-17;/h2-4,6-8,10,12,16,19H,5,9,11,13-15H2,1H3,(H2,23,24,25);1H. The molecule has 1 aromatic carbocycles. The van der Waals surface area contributed by atoms with Gasteiger partial charge in [0.05, 0.1) is 17.1 Å². The Morgan fingerprint density at radius 2 is 2.10 bits per heavy atom. The summed E-state index contributed by atoms with van der Waals surface area (Å²) in [7, 11) is 1.80. The van der Waals surface area contributed by atoms with E-state index in [1.165, 1.54) is 18.4 Å². The Hall–Kier alpha value is -1.91. The van der Waals surface area contributed by atoms with Crippen molar-refractivity contribution >= 4 is 41.3 Å². The lowest BCUT2D eigenvalue weighted by molar-refractivity contribution is 0.245. The van der Waals surface area contributed by atoms with Gasteiger partial charge in [0.1, 0.15) is 6.26 Å². The van der Waals surface area contributed by atoms with E-state index in [9.17, 15) is 0 Å². The highest BCUT2D eigenvalue weighted by Crippen LogP contribution is 2.23. The van der Waals surface area contributed by atoms with Crippen LogP contribution in [-0.2, 0) is 13.1 Å². The van der Waals surface area contributed by atoms with Crippen LogP contribution < -0.4 is 10.6 Å². The highest BCUT2D eigenvalue weighted by atomic mass is 127. The second kappa shape index (κ2) is 11.5. The maximum absolute atomic E-state index is 5.58. The van der Waals surface area contributed by atoms with Crippen LogP contribution in [0.4, 0.5) is 0 Å². The second-order valence-electron chi connectivity index (χ2n) is 7.18. The summed E-state index contributed by atoms with van der Waals surface area (Å²) in [6.45, 7) is 3.61. The van der Waals surface area contributed by atoms with Crippen molar-refractivity contribution in [2.45, 2.75) is 32.0 Å². The normalized spacial score (nSPS) is 17.0. The minimum Gasteiger partial charge on any atom is -0.443 e. The summed E-state index contributed by atoms with van der Waals surface area (Å²) in [6, 6.07) is 15.2. The molecule has 4 rings (SSSR count). The Kier molecular flexibility index (Phi) is 8.71. The second-order valence-corrected chi connectivity index (χ2v) is 8.13. The number of guanidine groups is 1. The fourth-order valence-corrected chi connectivity index (χ4v) is 4.32. The summed E-state index contributed by atoms with van der Waals surface area (Å²) in [6.07, 6.45) is 4.16. The number of thiophene rings is 1. The first-order valence-electron chi connectivity index (χ1n) is 10.0. The molecule has 2 N–H and O–H groups in total. The fraction of sp³-hybridized carbons (Fsp3) is 0.364. The quantitative estimate of drug-likeness (QED) is 0.267. The van der Waals surface area contributed by atoms with E-state index in [2.05, 4.69) is 55.8 Å². The number of nitrogens with zero attached hydrogens (tertiary/aromatic N) is 3. The van der Waals surface area contributed by atoms with Gasteiger partial charge < -0.3 is 15.1 Å². The van der Waals surface area contributed by atoms with Gasteiger partial charge in [0, 0.05) is 26.2 Å². The molecular formula is C22H28IN5OS. The number of nitrogens with one attached hydrogen (secondary N) is 2. The molecule has 1 atom stereocenters. The maximum Gasteiger partial charge on any atom is 0.236 e. The highest BCUT2D eigenvalue weighted by molar-refractivity contribution is 14.0. The molecule has 30 heavy (non-hydrogen) atoms. The van der Waals surface area contributed by atoms with Gasteiger partial charge in [-0.1, -0.05) is 36.4 Å². The zero-order valence-corrected chi connectivity index (χ0v) is 20.2. The van der Waals surface area contributed by atoms with Crippen molar-refractivity contribution in [1.29, 1.82) is 0 Å². The lowest BCUT2D eigenvalue weighted by atomic mass is 10.2. The minimum absolute atomic E-state index is 0. The third kappa shape index (κ3) is 6.05. The molecule has 1 saturated heterocycles. The van der Waals surface area contributed by atoms with Crippen LogP contribution in [0, 0.1) is 0 Å². The lowest BCUT2D eigenvalue weighted by Gasteiger charge is -2.25. The third-order valence-electron chi connectivity index (χ3n) is 5.18. The summed E-state index contributed by atoms with van der Waals surface area (Å²) in [5.41, 5.74) is 2.23. The molecule has 160 valence electrons. The molecule has 6 nitrogen and oxygen atoms in total. The van der Waals surface area contributed by atoms with E-state index in [1.54, 1.807) is 24.6 Å². The molecule has 0 amide bonds. The first-order valence-corrected chi connectivity index (χ1v) is 10.9. The average molecular weight is 537 g/mol. The van der Waals surface area contributed by atoms with Crippen molar-refractivity contribution < 1.29 is 4.42 Å². The van der Waals surface area contributed by atoms with E-state index in [-0.39, 0.29) is 24.0 Å². The summed E-state index contributed by atoms with van der Waals surface area (Å²) in [4.78, 5) is 12.5. The monoisotopic (exact) mass is 537 g/mol. The van der Waals surface area contributed by atoms with E-state index in [4.69, 9.17) is 4.42 Å². The highest BCUT2D eigenvalue weighted by Gasteiger charge is 2.24. The van der Waals surface area contributed by atoms with Crippen LogP contribution >= 0.6 is 35.3 Å². The molecule has 0 bridgehead atoms. The van der Waals surface area contributed by atoms with E-state index >= 15 is 0 Å². The number of oxazole rings is 1. The number of likely N-dealkylation sites (tertiary alicyclic amines) is 1. The van der Waals surface area contributed by atoms with Gasteiger partial charge in [0.15, 0.2) is 5.96 Å².